The van der Waals surface area contributed by atoms with Crippen molar-refractivity contribution in [2.75, 3.05) is 0 Å². The monoisotopic (exact) mass is 450 g/mol. The van der Waals surface area contributed by atoms with Crippen molar-refractivity contribution >= 4 is 38.3 Å². The third kappa shape index (κ3) is 7.66. The molecule has 2 rings (SSSR count). The number of benzene rings is 2. The van der Waals surface area contributed by atoms with E-state index in [-0.39, 0.29) is 50.6 Å². The molecule has 32 heavy (non-hydrogen) atoms. The first kappa shape index (κ1) is 28.8. The molecule has 0 saturated carbocycles. The number of hydrogen-bond donors (Lipinski definition) is 0. The number of ether oxygens (including phenoxy) is 2. The van der Waals surface area contributed by atoms with Crippen LogP contribution < -0.4 is 14.8 Å². The Morgan fingerprint density at radius 3 is 1.97 bits per heavy atom. The zero-order valence-corrected chi connectivity index (χ0v) is 21.7. The van der Waals surface area contributed by atoms with Crippen molar-refractivity contribution in [3.63, 3.8) is 0 Å². The second kappa shape index (κ2) is 12.3. The van der Waals surface area contributed by atoms with Gasteiger partial charge in [0.05, 0.1) is 12.2 Å². The first-order valence-electron chi connectivity index (χ1n) is 11.4. The van der Waals surface area contributed by atoms with Crippen molar-refractivity contribution in [3.8, 4) is 11.5 Å². The van der Waals surface area contributed by atoms with E-state index in [1.165, 1.54) is 5.56 Å². The van der Waals surface area contributed by atoms with Gasteiger partial charge < -0.3 is 9.47 Å². The zero-order chi connectivity index (χ0) is 23.3. The summed E-state index contributed by atoms with van der Waals surface area (Å²) in [6.45, 7) is 19.0. The molecule has 0 bridgehead atoms. The number of carbonyl (C=O) groups excluding carboxylic acids is 1. The average Bonchev–Trinajstić information content (AvgIpc) is 2.68. The van der Waals surface area contributed by atoms with Gasteiger partial charge in [-0.1, -0.05) is 46.8 Å². The van der Waals surface area contributed by atoms with E-state index in [0.29, 0.717) is 0 Å². The van der Waals surface area contributed by atoms with Crippen LogP contribution in [0.5, 0.6) is 11.5 Å². The summed E-state index contributed by atoms with van der Waals surface area (Å²) in [7, 11) is 0.00479. The van der Waals surface area contributed by atoms with Crippen molar-refractivity contribution in [2.24, 2.45) is 0 Å². The van der Waals surface area contributed by atoms with Crippen molar-refractivity contribution in [1.82, 2.24) is 0 Å². The molecule has 0 N–H and O–H groups in total. The summed E-state index contributed by atoms with van der Waals surface area (Å²) < 4.78 is 12.2. The molecule has 2 aromatic rings. The first-order chi connectivity index (χ1) is 14.5. The molecule has 3 atom stereocenters. The van der Waals surface area contributed by atoms with Gasteiger partial charge in [0.15, 0.2) is 5.52 Å². The Morgan fingerprint density at radius 2 is 1.47 bits per heavy atom. The first-order valence-corrected chi connectivity index (χ1v) is 12.4. The van der Waals surface area contributed by atoms with E-state index in [9.17, 15) is 4.79 Å². The van der Waals surface area contributed by atoms with E-state index < -0.39 is 0 Å². The molecule has 0 amide bonds. The molecule has 0 aliphatic rings. The normalized spacial score (nSPS) is 13.5. The molecule has 0 fully saturated rings. The second-order valence-electron chi connectivity index (χ2n) is 9.52. The molecule has 0 saturated heterocycles. The van der Waals surface area contributed by atoms with E-state index >= 15 is 0 Å². The fraction of sp³-hybridized carbons (Fsp3) is 0.519. The van der Waals surface area contributed by atoms with Crippen molar-refractivity contribution in [1.29, 1.82) is 0 Å². The molecule has 172 valence electrons. The van der Waals surface area contributed by atoms with Gasteiger partial charge in [0, 0.05) is 16.9 Å². The van der Waals surface area contributed by atoms with E-state index in [4.69, 9.17) is 9.47 Å². The second-order valence-corrected chi connectivity index (χ2v) is 10.8. The van der Waals surface area contributed by atoms with Gasteiger partial charge in [-0.25, -0.2) is 0 Å². The fourth-order valence-corrected chi connectivity index (χ4v) is 4.52. The molecule has 3 unspecified atom stereocenters. The molecule has 5 heteroatoms. The molecule has 0 spiro atoms. The molecule has 0 radical (unpaired) electrons. The summed E-state index contributed by atoms with van der Waals surface area (Å²) in [4.78, 5) is 13.4. The number of hydrogen-bond acceptors (Lipinski definition) is 3. The van der Waals surface area contributed by atoms with Crippen LogP contribution in [-0.2, 0) is 5.41 Å². The SMILES string of the molecule is CCC(C)Oc1ccc(PC(=O)c2c(C)cc(C(C)(C)C)cc2C)c(OC(C)CC)c1.[LiH]. The maximum atomic E-state index is 13.4. The molecule has 0 heterocycles. The summed E-state index contributed by atoms with van der Waals surface area (Å²) in [5.41, 5.74) is 4.39. The van der Waals surface area contributed by atoms with Gasteiger partial charge >= 0.3 is 18.9 Å². The summed E-state index contributed by atoms with van der Waals surface area (Å²) in [5.74, 6) is 1.54. The predicted octanol–water partition coefficient (Wildman–Crippen LogP) is 6.45. The fourth-order valence-electron chi connectivity index (χ4n) is 3.33. The molecule has 3 nitrogen and oxygen atoms in total. The van der Waals surface area contributed by atoms with Crippen molar-refractivity contribution < 1.29 is 14.3 Å². The standard InChI is InChI=1S/C27H39O3P.Li.H/c1-10-19(5)29-22-12-13-24(23(16-22)30-20(6)11-2)31-26(28)25-17(3)14-21(15-18(25)4)27(7,8)9;;/h12-16,19-20,31H,10-11H2,1-9H3;;. The Hall–Kier alpha value is -1.26. The Labute approximate surface area is 209 Å². The number of rotatable bonds is 9. The zero-order valence-electron chi connectivity index (χ0n) is 20.7. The summed E-state index contributed by atoms with van der Waals surface area (Å²) in [5, 5.41) is 0.931. The van der Waals surface area contributed by atoms with Crippen molar-refractivity contribution in [3.05, 3.63) is 52.6 Å². The third-order valence-electron chi connectivity index (χ3n) is 5.64. The molecular weight excluding hydrogens is 410 g/mol. The van der Waals surface area contributed by atoms with Crippen LogP contribution in [0.3, 0.4) is 0 Å². The number of carbonyl (C=O) groups is 1. The Kier molecular flexibility index (Phi) is 11.0. The Balaban J connectivity index is 0.00000512. The van der Waals surface area contributed by atoms with Crippen LogP contribution in [0.2, 0.25) is 0 Å². The van der Waals surface area contributed by atoms with Gasteiger partial charge in [-0.15, -0.1) is 0 Å². The van der Waals surface area contributed by atoms with E-state index in [1.54, 1.807) is 0 Å². The summed E-state index contributed by atoms with van der Waals surface area (Å²) >= 11 is 0. The Bertz CT molecular complexity index is 895. The van der Waals surface area contributed by atoms with E-state index in [2.05, 4.69) is 60.6 Å². The minimum absolute atomic E-state index is 0. The van der Waals surface area contributed by atoms with E-state index in [1.807, 2.05) is 32.0 Å². The maximum absolute atomic E-state index is 13.4. The van der Waals surface area contributed by atoms with E-state index in [0.717, 1.165) is 46.3 Å². The summed E-state index contributed by atoms with van der Waals surface area (Å²) in [6.07, 6.45) is 2.05. The number of aryl methyl sites for hydroxylation is 2. The topological polar surface area (TPSA) is 35.5 Å². The van der Waals surface area contributed by atoms with Gasteiger partial charge in [0.2, 0.25) is 0 Å². The van der Waals surface area contributed by atoms with Gasteiger partial charge in [-0.05, 0) is 83.4 Å². The van der Waals surface area contributed by atoms with Crippen molar-refractivity contribution in [2.45, 2.75) is 92.8 Å². The van der Waals surface area contributed by atoms with Crippen LogP contribution in [0.25, 0.3) is 0 Å². The van der Waals surface area contributed by atoms with Gasteiger partial charge in [-0.3, -0.25) is 4.79 Å². The van der Waals surface area contributed by atoms with Crippen LogP contribution in [-0.4, -0.2) is 36.6 Å². The molecule has 0 aromatic heterocycles. The van der Waals surface area contributed by atoms with Crippen LogP contribution in [0.4, 0.5) is 0 Å². The van der Waals surface area contributed by atoms with Gasteiger partial charge in [0.25, 0.3) is 0 Å². The quantitative estimate of drug-likeness (QED) is 0.325. The molecule has 0 aliphatic carbocycles. The predicted molar refractivity (Wildman–Crippen MR) is 141 cm³/mol. The summed E-state index contributed by atoms with van der Waals surface area (Å²) in [6, 6.07) is 10.2. The Morgan fingerprint density at radius 1 is 0.938 bits per heavy atom. The van der Waals surface area contributed by atoms with Crippen LogP contribution >= 0.6 is 8.58 Å². The van der Waals surface area contributed by atoms with Crippen LogP contribution in [0.15, 0.2) is 30.3 Å². The van der Waals surface area contributed by atoms with Gasteiger partial charge in [-0.2, -0.15) is 0 Å². The molecular formula is C27H40LiO3P. The minimum atomic E-state index is 0. The van der Waals surface area contributed by atoms with Crippen LogP contribution in [0.1, 0.15) is 88.4 Å². The molecule has 2 aromatic carbocycles. The van der Waals surface area contributed by atoms with Crippen LogP contribution in [0, 0.1) is 13.8 Å². The third-order valence-corrected chi connectivity index (χ3v) is 6.80. The average molecular weight is 451 g/mol. The van der Waals surface area contributed by atoms with Gasteiger partial charge in [0.1, 0.15) is 11.5 Å². The molecule has 0 aliphatic heterocycles.